The number of carbonyl (C=O) groups is 2. The summed E-state index contributed by atoms with van der Waals surface area (Å²) < 4.78 is 5.57. The van der Waals surface area contributed by atoms with E-state index in [0.29, 0.717) is 17.7 Å². The third kappa shape index (κ3) is 3.76. The van der Waals surface area contributed by atoms with Crippen molar-refractivity contribution in [3.05, 3.63) is 77.6 Å². The second-order valence-corrected chi connectivity index (χ2v) is 8.63. The van der Waals surface area contributed by atoms with E-state index in [1.807, 2.05) is 50.2 Å². The molecular formula is C26H28N2O3. The van der Waals surface area contributed by atoms with Gasteiger partial charge in [0.05, 0.1) is 17.4 Å². The van der Waals surface area contributed by atoms with Crippen molar-refractivity contribution >= 4 is 28.4 Å². The Labute approximate surface area is 182 Å². The van der Waals surface area contributed by atoms with Crippen LogP contribution < -0.4 is 0 Å². The van der Waals surface area contributed by atoms with Crippen LogP contribution in [0.25, 0.3) is 16.5 Å². The topological polar surface area (TPSA) is 62.4 Å². The zero-order valence-electron chi connectivity index (χ0n) is 18.4. The Morgan fingerprint density at radius 3 is 2.45 bits per heavy atom. The number of benzene rings is 2. The van der Waals surface area contributed by atoms with E-state index in [1.165, 1.54) is 0 Å². The molecule has 0 saturated carbocycles. The molecule has 3 aromatic rings. The lowest BCUT2D eigenvalue weighted by atomic mass is 9.77. The molecule has 2 heterocycles. The maximum atomic E-state index is 13.4. The molecule has 0 spiro atoms. The molecule has 0 fully saturated rings. The molecule has 5 nitrogen and oxygen atoms in total. The summed E-state index contributed by atoms with van der Waals surface area (Å²) in [6.45, 7) is 8.38. The zero-order chi connectivity index (χ0) is 22.2. The third-order valence-corrected chi connectivity index (χ3v) is 6.01. The monoisotopic (exact) mass is 416 g/mol. The number of esters is 1. The fraction of sp³-hybridized carbons (Fsp3) is 0.308. The largest absolute Gasteiger partial charge is 0.459 e. The highest BCUT2D eigenvalue weighted by molar-refractivity contribution is 6.18. The van der Waals surface area contributed by atoms with Gasteiger partial charge in [-0.15, -0.1) is 0 Å². The maximum absolute atomic E-state index is 13.4. The average Bonchev–Trinajstić information content (AvgIpc) is 3.10. The quantitative estimate of drug-likeness (QED) is 0.588. The standard InChI is InChI=1S/C26H28N2O3/c1-5-26(4)16-28(24(29)18-11-7-6-8-12-18)15-20(25(30)31-17(2)3)23-22(26)19-13-9-10-14-21(19)27-23/h6-15,17,27H,5,16H2,1-4H3. The molecule has 1 amide bonds. The van der Waals surface area contributed by atoms with Gasteiger partial charge in [-0.3, -0.25) is 4.79 Å². The van der Waals surface area contributed by atoms with Gasteiger partial charge in [0, 0.05) is 34.6 Å². The minimum absolute atomic E-state index is 0.135. The van der Waals surface area contributed by atoms with Gasteiger partial charge in [0.2, 0.25) is 0 Å². The molecule has 0 bridgehead atoms. The number of nitrogens with one attached hydrogen (secondary N) is 1. The molecule has 0 aliphatic carbocycles. The van der Waals surface area contributed by atoms with Gasteiger partial charge in [0.15, 0.2) is 0 Å². The number of para-hydroxylation sites is 1. The van der Waals surface area contributed by atoms with Gasteiger partial charge in [-0.2, -0.15) is 0 Å². The van der Waals surface area contributed by atoms with Crippen LogP contribution in [0.4, 0.5) is 0 Å². The summed E-state index contributed by atoms with van der Waals surface area (Å²) in [5, 5.41) is 1.07. The van der Waals surface area contributed by atoms with Gasteiger partial charge in [-0.25, -0.2) is 4.79 Å². The highest BCUT2D eigenvalue weighted by Crippen LogP contribution is 2.42. The van der Waals surface area contributed by atoms with E-state index in [-0.39, 0.29) is 17.4 Å². The Morgan fingerprint density at radius 2 is 1.77 bits per heavy atom. The Bertz CT molecular complexity index is 1160. The Balaban J connectivity index is 1.93. The van der Waals surface area contributed by atoms with Crippen molar-refractivity contribution in [2.75, 3.05) is 6.54 Å². The lowest BCUT2D eigenvalue weighted by molar-refractivity contribution is -0.140. The highest BCUT2D eigenvalue weighted by atomic mass is 16.5. The number of aromatic amines is 1. The van der Waals surface area contributed by atoms with Crippen molar-refractivity contribution in [1.29, 1.82) is 0 Å². The Morgan fingerprint density at radius 1 is 1.10 bits per heavy atom. The lowest BCUT2D eigenvalue weighted by Gasteiger charge is -2.32. The van der Waals surface area contributed by atoms with E-state index < -0.39 is 5.97 Å². The van der Waals surface area contributed by atoms with Crippen LogP contribution in [-0.4, -0.2) is 34.4 Å². The van der Waals surface area contributed by atoms with Crippen LogP contribution in [0.2, 0.25) is 0 Å². The van der Waals surface area contributed by atoms with Crippen LogP contribution in [0, 0.1) is 0 Å². The van der Waals surface area contributed by atoms with Crippen molar-refractivity contribution < 1.29 is 14.3 Å². The molecular weight excluding hydrogens is 388 g/mol. The molecule has 160 valence electrons. The maximum Gasteiger partial charge on any atom is 0.342 e. The van der Waals surface area contributed by atoms with Gasteiger partial charge >= 0.3 is 5.97 Å². The number of hydrogen-bond donors (Lipinski definition) is 1. The summed E-state index contributed by atoms with van der Waals surface area (Å²) in [5.74, 6) is -0.571. The molecule has 0 radical (unpaired) electrons. The fourth-order valence-corrected chi connectivity index (χ4v) is 4.29. The molecule has 1 atom stereocenters. The molecule has 1 aromatic heterocycles. The second kappa shape index (κ2) is 8.06. The predicted octanol–water partition coefficient (Wildman–Crippen LogP) is 5.28. The van der Waals surface area contributed by atoms with Gasteiger partial charge in [0.25, 0.3) is 5.91 Å². The molecule has 0 saturated heterocycles. The molecule has 1 unspecified atom stereocenters. The number of carbonyl (C=O) groups excluding carboxylic acids is 2. The molecule has 1 N–H and O–H groups in total. The van der Waals surface area contributed by atoms with Crippen LogP contribution in [0.1, 0.15) is 55.7 Å². The van der Waals surface area contributed by atoms with Crippen molar-refractivity contribution in [3.63, 3.8) is 0 Å². The van der Waals surface area contributed by atoms with Gasteiger partial charge in [-0.1, -0.05) is 50.2 Å². The SMILES string of the molecule is CCC1(C)CN(C(=O)c2ccccc2)C=C(C(=O)OC(C)C)c2[nH]c3ccccc3c21. The van der Waals surface area contributed by atoms with Crippen LogP contribution in [-0.2, 0) is 14.9 Å². The summed E-state index contributed by atoms with van der Waals surface area (Å²) in [5.41, 5.74) is 3.37. The van der Waals surface area contributed by atoms with E-state index >= 15 is 0 Å². The van der Waals surface area contributed by atoms with Crippen LogP contribution in [0.3, 0.4) is 0 Å². The number of hydrogen-bond acceptors (Lipinski definition) is 3. The Kier molecular flexibility index (Phi) is 5.44. The summed E-state index contributed by atoms with van der Waals surface area (Å²) in [4.78, 5) is 31.7. The third-order valence-electron chi connectivity index (χ3n) is 6.01. The first kappa shape index (κ1) is 20.9. The number of fused-ring (bicyclic) bond motifs is 3. The highest BCUT2D eigenvalue weighted by Gasteiger charge is 2.39. The van der Waals surface area contributed by atoms with E-state index in [9.17, 15) is 9.59 Å². The molecule has 5 heteroatoms. The number of rotatable bonds is 4. The number of amides is 1. The minimum Gasteiger partial charge on any atom is -0.459 e. The first-order valence-electron chi connectivity index (χ1n) is 10.7. The van der Waals surface area contributed by atoms with Crippen molar-refractivity contribution in [1.82, 2.24) is 9.88 Å². The minimum atomic E-state index is -0.436. The van der Waals surface area contributed by atoms with Crippen LogP contribution in [0.15, 0.2) is 60.8 Å². The molecule has 1 aliphatic heterocycles. The van der Waals surface area contributed by atoms with Crippen molar-refractivity contribution in [3.8, 4) is 0 Å². The lowest BCUT2D eigenvalue weighted by Crippen LogP contribution is -2.38. The van der Waals surface area contributed by atoms with Crippen LogP contribution in [0.5, 0.6) is 0 Å². The van der Waals surface area contributed by atoms with Crippen molar-refractivity contribution in [2.45, 2.75) is 45.6 Å². The van der Waals surface area contributed by atoms with Gasteiger partial charge in [-0.05, 0) is 44.0 Å². The zero-order valence-corrected chi connectivity index (χ0v) is 18.4. The molecule has 2 aromatic carbocycles. The summed E-state index contributed by atoms with van der Waals surface area (Å²) in [7, 11) is 0. The first-order valence-corrected chi connectivity index (χ1v) is 10.7. The normalized spacial score (nSPS) is 18.5. The molecule has 31 heavy (non-hydrogen) atoms. The molecule has 1 aliphatic rings. The number of aromatic nitrogens is 1. The van der Waals surface area contributed by atoms with E-state index in [4.69, 9.17) is 4.74 Å². The Hall–Kier alpha value is -3.34. The molecule has 4 rings (SSSR count). The second-order valence-electron chi connectivity index (χ2n) is 8.63. The number of ether oxygens (including phenoxy) is 1. The summed E-state index contributed by atoms with van der Waals surface area (Å²) in [6, 6.07) is 17.2. The van der Waals surface area contributed by atoms with E-state index in [1.54, 1.807) is 23.2 Å². The van der Waals surface area contributed by atoms with Crippen molar-refractivity contribution in [2.24, 2.45) is 0 Å². The first-order chi connectivity index (χ1) is 14.8. The summed E-state index contributed by atoms with van der Waals surface area (Å²) >= 11 is 0. The fourth-order valence-electron chi connectivity index (χ4n) is 4.29. The van der Waals surface area contributed by atoms with Crippen LogP contribution >= 0.6 is 0 Å². The van der Waals surface area contributed by atoms with Gasteiger partial charge < -0.3 is 14.6 Å². The predicted molar refractivity (Wildman–Crippen MR) is 123 cm³/mol. The van der Waals surface area contributed by atoms with Gasteiger partial charge in [0.1, 0.15) is 0 Å². The number of nitrogens with zero attached hydrogens (tertiary/aromatic N) is 1. The smallest absolute Gasteiger partial charge is 0.342 e. The number of H-pyrrole nitrogens is 1. The van der Waals surface area contributed by atoms with E-state index in [2.05, 4.69) is 24.9 Å². The van der Waals surface area contributed by atoms with E-state index in [0.717, 1.165) is 28.6 Å². The average molecular weight is 417 g/mol. The summed E-state index contributed by atoms with van der Waals surface area (Å²) in [6.07, 6.45) is 2.20.